The van der Waals surface area contributed by atoms with Gasteiger partial charge in [-0.2, -0.15) is 0 Å². The maximum Gasteiger partial charge on any atom is 0.146 e. The van der Waals surface area contributed by atoms with Gasteiger partial charge >= 0.3 is 0 Å². The molecule has 1 aliphatic rings. The zero-order valence-electron chi connectivity index (χ0n) is 12.9. The summed E-state index contributed by atoms with van der Waals surface area (Å²) in [6, 6.07) is 2.69. The summed E-state index contributed by atoms with van der Waals surface area (Å²) < 4.78 is 0. The van der Waals surface area contributed by atoms with Crippen molar-refractivity contribution in [2.45, 2.75) is 52.1 Å². The van der Waals surface area contributed by atoms with E-state index >= 15 is 0 Å². The minimum Gasteiger partial charge on any atom is -0.383 e. The molecule has 0 atom stereocenters. The van der Waals surface area contributed by atoms with E-state index in [9.17, 15) is 0 Å². The van der Waals surface area contributed by atoms with Crippen molar-refractivity contribution in [2.24, 2.45) is 5.92 Å². The van der Waals surface area contributed by atoms with Crippen molar-refractivity contribution < 1.29 is 0 Å². The van der Waals surface area contributed by atoms with Crippen LogP contribution in [-0.2, 0) is 6.54 Å². The Balaban J connectivity index is 1.82. The van der Waals surface area contributed by atoms with E-state index in [1.54, 1.807) is 11.3 Å². The number of hydrogen-bond acceptors (Lipinski definition) is 5. The largest absolute Gasteiger partial charge is 0.383 e. The van der Waals surface area contributed by atoms with Crippen LogP contribution in [0.15, 0.2) is 11.4 Å². The summed E-state index contributed by atoms with van der Waals surface area (Å²) in [5.41, 5.74) is 6.07. The average molecular weight is 304 g/mol. The van der Waals surface area contributed by atoms with Crippen LogP contribution in [0.3, 0.4) is 0 Å². The quantitative estimate of drug-likeness (QED) is 0.915. The van der Waals surface area contributed by atoms with E-state index in [1.165, 1.54) is 25.7 Å². The summed E-state index contributed by atoms with van der Waals surface area (Å²) in [7, 11) is 0. The van der Waals surface area contributed by atoms with Crippen LogP contribution in [0.1, 0.15) is 45.4 Å². The lowest BCUT2D eigenvalue weighted by Crippen LogP contribution is -2.36. The first kappa shape index (κ1) is 14.7. The number of rotatable bonds is 5. The Hall–Kier alpha value is -1.20. The summed E-state index contributed by atoms with van der Waals surface area (Å²) >= 11 is 1.64. The second kappa shape index (κ2) is 6.28. The van der Waals surface area contributed by atoms with E-state index in [0.29, 0.717) is 17.8 Å². The zero-order chi connectivity index (χ0) is 14.8. The van der Waals surface area contributed by atoms with E-state index in [2.05, 4.69) is 23.7 Å². The van der Waals surface area contributed by atoms with Crippen LogP contribution in [0, 0.1) is 5.92 Å². The molecule has 0 spiro atoms. The standard InChI is InChI=1S/C16H24N4S/c1-11(2)9-20(12-5-3-4-6-12)10-14-18-15(17)13-7-8-21-16(13)19-14/h7-8,11-12H,3-6,9-10H2,1-2H3,(H2,17,18,19). The van der Waals surface area contributed by atoms with Crippen LogP contribution < -0.4 is 5.73 Å². The SMILES string of the molecule is CC(C)CN(Cc1nc(N)c2ccsc2n1)C1CCCC1. The minimum absolute atomic E-state index is 0.618. The van der Waals surface area contributed by atoms with Gasteiger partial charge in [-0.3, -0.25) is 4.90 Å². The van der Waals surface area contributed by atoms with E-state index < -0.39 is 0 Å². The van der Waals surface area contributed by atoms with Gasteiger partial charge in [-0.25, -0.2) is 9.97 Å². The van der Waals surface area contributed by atoms with Gasteiger partial charge in [0.15, 0.2) is 0 Å². The number of hydrogen-bond donors (Lipinski definition) is 1. The van der Waals surface area contributed by atoms with E-state index in [4.69, 9.17) is 10.7 Å². The summed E-state index contributed by atoms with van der Waals surface area (Å²) in [5, 5.41) is 3.02. The molecule has 0 saturated heterocycles. The zero-order valence-corrected chi connectivity index (χ0v) is 13.7. The van der Waals surface area contributed by atoms with Crippen LogP contribution in [0.4, 0.5) is 5.82 Å². The number of nitrogens with two attached hydrogens (primary N) is 1. The smallest absolute Gasteiger partial charge is 0.146 e. The van der Waals surface area contributed by atoms with Gasteiger partial charge in [0.2, 0.25) is 0 Å². The van der Waals surface area contributed by atoms with Crippen LogP contribution in [0.25, 0.3) is 10.2 Å². The van der Waals surface area contributed by atoms with Gasteiger partial charge in [0.25, 0.3) is 0 Å². The number of anilines is 1. The van der Waals surface area contributed by atoms with Gasteiger partial charge in [-0.05, 0) is 30.2 Å². The van der Waals surface area contributed by atoms with Crippen molar-refractivity contribution in [3.05, 3.63) is 17.3 Å². The fourth-order valence-electron chi connectivity index (χ4n) is 3.26. The molecular weight excluding hydrogens is 280 g/mol. The first-order valence-corrected chi connectivity index (χ1v) is 8.75. The lowest BCUT2D eigenvalue weighted by molar-refractivity contribution is 0.165. The van der Waals surface area contributed by atoms with Crippen LogP contribution >= 0.6 is 11.3 Å². The first-order chi connectivity index (χ1) is 10.1. The molecule has 3 rings (SSSR count). The molecule has 2 aromatic rings. The molecule has 1 aliphatic carbocycles. The third-order valence-electron chi connectivity index (χ3n) is 4.19. The number of fused-ring (bicyclic) bond motifs is 1. The lowest BCUT2D eigenvalue weighted by atomic mass is 10.1. The molecule has 2 aromatic heterocycles. The van der Waals surface area contributed by atoms with Crippen molar-refractivity contribution in [3.8, 4) is 0 Å². The molecule has 0 unspecified atom stereocenters. The Morgan fingerprint density at radius 2 is 2.10 bits per heavy atom. The van der Waals surface area contributed by atoms with Crippen LogP contribution in [0.2, 0.25) is 0 Å². The molecule has 0 aliphatic heterocycles. The van der Waals surface area contributed by atoms with Crippen molar-refractivity contribution in [1.29, 1.82) is 0 Å². The number of nitrogens with zero attached hydrogens (tertiary/aromatic N) is 3. The molecule has 2 heterocycles. The summed E-state index contributed by atoms with van der Waals surface area (Å²) in [6.07, 6.45) is 5.32. The molecule has 0 bridgehead atoms. The van der Waals surface area contributed by atoms with Crippen LogP contribution in [0.5, 0.6) is 0 Å². The Labute approximate surface area is 130 Å². The number of thiophene rings is 1. The highest BCUT2D eigenvalue weighted by Crippen LogP contribution is 2.27. The third-order valence-corrected chi connectivity index (χ3v) is 4.99. The first-order valence-electron chi connectivity index (χ1n) is 7.87. The Morgan fingerprint density at radius 1 is 1.33 bits per heavy atom. The Morgan fingerprint density at radius 3 is 2.81 bits per heavy atom. The maximum absolute atomic E-state index is 6.07. The maximum atomic E-state index is 6.07. The normalized spacial score (nSPS) is 16.6. The molecule has 0 aromatic carbocycles. The molecule has 4 nitrogen and oxygen atoms in total. The summed E-state index contributed by atoms with van der Waals surface area (Å²) in [4.78, 5) is 12.8. The van der Waals surface area contributed by atoms with Crippen molar-refractivity contribution in [3.63, 3.8) is 0 Å². The molecule has 1 saturated carbocycles. The molecule has 5 heteroatoms. The Bertz CT molecular complexity index is 601. The second-order valence-corrected chi connectivity index (χ2v) is 7.32. The van der Waals surface area contributed by atoms with Crippen molar-refractivity contribution in [1.82, 2.24) is 14.9 Å². The van der Waals surface area contributed by atoms with Gasteiger partial charge in [-0.1, -0.05) is 26.7 Å². The highest BCUT2D eigenvalue weighted by atomic mass is 32.1. The van der Waals surface area contributed by atoms with Crippen LogP contribution in [-0.4, -0.2) is 27.5 Å². The van der Waals surface area contributed by atoms with Gasteiger partial charge in [-0.15, -0.1) is 11.3 Å². The predicted octanol–water partition coefficient (Wildman–Crippen LogP) is 3.67. The number of aromatic nitrogens is 2. The molecule has 2 N–H and O–H groups in total. The van der Waals surface area contributed by atoms with Gasteiger partial charge < -0.3 is 5.73 Å². The topological polar surface area (TPSA) is 55.0 Å². The third kappa shape index (κ3) is 3.35. The lowest BCUT2D eigenvalue weighted by Gasteiger charge is -2.29. The predicted molar refractivity (Wildman–Crippen MR) is 89.3 cm³/mol. The molecule has 114 valence electrons. The summed E-state index contributed by atoms with van der Waals surface area (Å²) in [5.74, 6) is 2.15. The van der Waals surface area contributed by atoms with Gasteiger partial charge in [0.05, 0.1) is 11.9 Å². The molecule has 0 radical (unpaired) electrons. The van der Waals surface area contributed by atoms with Gasteiger partial charge in [0.1, 0.15) is 16.5 Å². The van der Waals surface area contributed by atoms with E-state index in [-0.39, 0.29) is 0 Å². The minimum atomic E-state index is 0.618. The second-order valence-electron chi connectivity index (χ2n) is 6.43. The van der Waals surface area contributed by atoms with Crippen molar-refractivity contribution >= 4 is 27.4 Å². The molecule has 21 heavy (non-hydrogen) atoms. The van der Waals surface area contributed by atoms with E-state index in [0.717, 1.165) is 29.1 Å². The highest BCUT2D eigenvalue weighted by Gasteiger charge is 2.24. The molecular formula is C16H24N4S. The summed E-state index contributed by atoms with van der Waals surface area (Å²) in [6.45, 7) is 6.48. The number of nitrogen functional groups attached to an aromatic ring is 1. The van der Waals surface area contributed by atoms with E-state index in [1.807, 2.05) is 11.4 Å². The monoisotopic (exact) mass is 304 g/mol. The molecule has 1 fully saturated rings. The fourth-order valence-corrected chi connectivity index (χ4v) is 4.05. The average Bonchev–Trinajstić information content (AvgIpc) is 3.08. The Kier molecular flexibility index (Phi) is 4.40. The highest BCUT2D eigenvalue weighted by molar-refractivity contribution is 7.16. The molecule has 0 amide bonds. The fraction of sp³-hybridized carbons (Fsp3) is 0.625. The van der Waals surface area contributed by atoms with Crippen molar-refractivity contribution in [2.75, 3.05) is 12.3 Å². The van der Waals surface area contributed by atoms with Gasteiger partial charge in [0, 0.05) is 12.6 Å².